The molecule has 2 aromatic heterocycles. The van der Waals surface area contributed by atoms with Crippen LogP contribution in [0.2, 0.25) is 0 Å². The van der Waals surface area contributed by atoms with Crippen molar-refractivity contribution in [1.29, 1.82) is 0 Å². The zero-order valence-corrected chi connectivity index (χ0v) is 14.8. The molecule has 1 aromatic carbocycles. The second kappa shape index (κ2) is 6.80. The van der Waals surface area contributed by atoms with Gasteiger partial charge >= 0.3 is 0 Å². The van der Waals surface area contributed by atoms with Gasteiger partial charge in [-0.3, -0.25) is 9.36 Å². The van der Waals surface area contributed by atoms with Crippen LogP contribution in [0.4, 0.5) is 0 Å². The van der Waals surface area contributed by atoms with Gasteiger partial charge in [-0.05, 0) is 55.5 Å². The van der Waals surface area contributed by atoms with Crippen LogP contribution in [0.15, 0.2) is 64.6 Å². The van der Waals surface area contributed by atoms with Crippen molar-refractivity contribution >= 4 is 17.7 Å². The summed E-state index contributed by atoms with van der Waals surface area (Å²) in [7, 11) is 0. The summed E-state index contributed by atoms with van der Waals surface area (Å²) in [4.78, 5) is 19.2. The Labute approximate surface area is 150 Å². The lowest BCUT2D eigenvalue weighted by Crippen LogP contribution is -2.32. The van der Waals surface area contributed by atoms with Gasteiger partial charge in [0.1, 0.15) is 5.76 Å². The lowest BCUT2D eigenvalue weighted by atomic mass is 10.1. The van der Waals surface area contributed by atoms with Crippen molar-refractivity contribution in [2.45, 2.75) is 30.6 Å². The fourth-order valence-electron chi connectivity index (χ4n) is 2.89. The average Bonchev–Trinajstić information content (AvgIpc) is 3.16. The van der Waals surface area contributed by atoms with Gasteiger partial charge in [0.2, 0.25) is 0 Å². The van der Waals surface area contributed by atoms with E-state index in [0.29, 0.717) is 18.2 Å². The summed E-state index contributed by atoms with van der Waals surface area (Å²) in [6.07, 6.45) is 9.49. The molecule has 4 rings (SSSR count). The summed E-state index contributed by atoms with van der Waals surface area (Å²) < 4.78 is 7.43. The quantitative estimate of drug-likeness (QED) is 0.629. The van der Waals surface area contributed by atoms with Crippen LogP contribution in [-0.2, 0) is 6.54 Å². The van der Waals surface area contributed by atoms with Gasteiger partial charge in [-0.2, -0.15) is 0 Å². The van der Waals surface area contributed by atoms with Crippen LogP contribution in [-0.4, -0.2) is 32.7 Å². The molecule has 0 unspecified atom stereocenters. The van der Waals surface area contributed by atoms with Crippen molar-refractivity contribution in [1.82, 2.24) is 14.5 Å². The molecule has 6 heteroatoms. The molecule has 0 aliphatic heterocycles. The summed E-state index contributed by atoms with van der Waals surface area (Å²) in [5.74, 6) is 0.876. The standard InChI is InChI=1S/C19H19N3O2S/c1-25-19-20-10-11-21(19)15-6-4-14(5-7-15)18(23)22(16-8-9-16)13-17-3-2-12-24-17/h2-7,10-12,16H,8-9,13H2,1H3. The van der Waals surface area contributed by atoms with Gasteiger partial charge in [0, 0.05) is 29.7 Å². The third-order valence-corrected chi connectivity index (χ3v) is 5.00. The van der Waals surface area contributed by atoms with Gasteiger partial charge in [0.15, 0.2) is 5.16 Å². The van der Waals surface area contributed by atoms with Crippen LogP contribution in [0.5, 0.6) is 0 Å². The predicted octanol–water partition coefficient (Wildman–Crippen LogP) is 3.99. The molecule has 5 nitrogen and oxygen atoms in total. The number of nitrogens with zero attached hydrogens (tertiary/aromatic N) is 3. The number of furan rings is 1. The molecule has 1 fully saturated rings. The monoisotopic (exact) mass is 353 g/mol. The van der Waals surface area contributed by atoms with E-state index in [1.165, 1.54) is 0 Å². The maximum atomic E-state index is 12.9. The van der Waals surface area contributed by atoms with E-state index in [9.17, 15) is 4.79 Å². The number of carbonyl (C=O) groups excluding carboxylic acids is 1. The lowest BCUT2D eigenvalue weighted by Gasteiger charge is -2.21. The largest absolute Gasteiger partial charge is 0.467 e. The summed E-state index contributed by atoms with van der Waals surface area (Å²) in [6, 6.07) is 11.8. The van der Waals surface area contributed by atoms with E-state index in [0.717, 1.165) is 29.4 Å². The first-order chi connectivity index (χ1) is 12.3. The minimum absolute atomic E-state index is 0.0566. The molecule has 25 heavy (non-hydrogen) atoms. The highest BCUT2D eigenvalue weighted by atomic mass is 32.2. The second-order valence-corrected chi connectivity index (χ2v) is 6.85. The second-order valence-electron chi connectivity index (χ2n) is 6.07. The van der Waals surface area contributed by atoms with Crippen molar-refractivity contribution in [2.75, 3.05) is 6.26 Å². The number of amides is 1. The predicted molar refractivity (Wildman–Crippen MR) is 96.9 cm³/mol. The molecule has 1 aliphatic carbocycles. The van der Waals surface area contributed by atoms with Crippen LogP contribution in [0, 0.1) is 0 Å². The molecular weight excluding hydrogens is 334 g/mol. The van der Waals surface area contributed by atoms with Gasteiger partial charge in [-0.15, -0.1) is 0 Å². The zero-order chi connectivity index (χ0) is 17.2. The third-order valence-electron chi connectivity index (χ3n) is 4.34. The molecule has 0 N–H and O–H groups in total. The number of imidazole rings is 1. The molecule has 0 spiro atoms. The number of aromatic nitrogens is 2. The number of benzene rings is 1. The number of hydrogen-bond donors (Lipinski definition) is 0. The van der Waals surface area contributed by atoms with Crippen molar-refractivity contribution < 1.29 is 9.21 Å². The van der Waals surface area contributed by atoms with Crippen LogP contribution in [0.25, 0.3) is 5.69 Å². The Bertz CT molecular complexity index is 851. The van der Waals surface area contributed by atoms with Crippen molar-refractivity contribution in [3.63, 3.8) is 0 Å². The van der Waals surface area contributed by atoms with E-state index in [1.54, 1.807) is 24.2 Å². The Morgan fingerprint density at radius 3 is 2.76 bits per heavy atom. The van der Waals surface area contributed by atoms with Crippen LogP contribution in [0.1, 0.15) is 29.0 Å². The minimum Gasteiger partial charge on any atom is -0.467 e. The molecule has 0 bridgehead atoms. The normalized spacial score (nSPS) is 13.8. The molecule has 128 valence electrons. The summed E-state index contributed by atoms with van der Waals surface area (Å²) >= 11 is 1.59. The summed E-state index contributed by atoms with van der Waals surface area (Å²) in [6.45, 7) is 0.524. The third kappa shape index (κ3) is 3.35. The Kier molecular flexibility index (Phi) is 4.36. The van der Waals surface area contributed by atoms with Gasteiger partial charge in [0.05, 0.1) is 12.8 Å². The fraction of sp³-hybridized carbons (Fsp3) is 0.263. The van der Waals surface area contributed by atoms with E-state index in [4.69, 9.17) is 4.42 Å². The molecule has 3 aromatic rings. The van der Waals surface area contributed by atoms with Crippen LogP contribution < -0.4 is 0 Å². The Morgan fingerprint density at radius 2 is 2.12 bits per heavy atom. The molecular formula is C19H19N3O2S. The molecule has 1 aliphatic rings. The van der Waals surface area contributed by atoms with E-state index < -0.39 is 0 Å². The zero-order valence-electron chi connectivity index (χ0n) is 14.0. The van der Waals surface area contributed by atoms with Gasteiger partial charge < -0.3 is 9.32 Å². The maximum Gasteiger partial charge on any atom is 0.254 e. The van der Waals surface area contributed by atoms with E-state index >= 15 is 0 Å². The number of rotatable bonds is 6. The van der Waals surface area contributed by atoms with E-state index in [1.807, 2.05) is 58.3 Å². The van der Waals surface area contributed by atoms with Crippen molar-refractivity contribution in [3.8, 4) is 5.69 Å². The first kappa shape index (κ1) is 16.0. The highest BCUT2D eigenvalue weighted by Crippen LogP contribution is 2.30. The molecule has 1 amide bonds. The molecule has 2 heterocycles. The topological polar surface area (TPSA) is 51.3 Å². The first-order valence-corrected chi connectivity index (χ1v) is 9.50. The SMILES string of the molecule is CSc1nccn1-c1ccc(C(=O)N(Cc2ccco2)C2CC2)cc1. The number of carbonyl (C=O) groups is 1. The van der Waals surface area contributed by atoms with Crippen LogP contribution in [0.3, 0.4) is 0 Å². The average molecular weight is 353 g/mol. The lowest BCUT2D eigenvalue weighted by molar-refractivity contribution is 0.0717. The van der Waals surface area contributed by atoms with Crippen molar-refractivity contribution in [3.05, 3.63) is 66.4 Å². The highest BCUT2D eigenvalue weighted by molar-refractivity contribution is 7.98. The van der Waals surface area contributed by atoms with E-state index in [2.05, 4.69) is 4.98 Å². The minimum atomic E-state index is 0.0566. The summed E-state index contributed by atoms with van der Waals surface area (Å²) in [5, 5.41) is 0.927. The molecule has 0 radical (unpaired) electrons. The molecule has 0 saturated heterocycles. The summed E-state index contributed by atoms with van der Waals surface area (Å²) in [5.41, 5.74) is 1.70. The van der Waals surface area contributed by atoms with Gasteiger partial charge in [0.25, 0.3) is 5.91 Å². The van der Waals surface area contributed by atoms with Gasteiger partial charge in [-0.1, -0.05) is 11.8 Å². The van der Waals surface area contributed by atoms with Crippen LogP contribution >= 0.6 is 11.8 Å². The smallest absolute Gasteiger partial charge is 0.254 e. The molecule has 0 atom stereocenters. The Hall–Kier alpha value is -2.47. The fourth-order valence-corrected chi connectivity index (χ4v) is 3.42. The molecule has 1 saturated carbocycles. The first-order valence-electron chi connectivity index (χ1n) is 8.27. The number of thioether (sulfide) groups is 1. The van der Waals surface area contributed by atoms with Crippen molar-refractivity contribution in [2.24, 2.45) is 0 Å². The maximum absolute atomic E-state index is 12.9. The van der Waals surface area contributed by atoms with Gasteiger partial charge in [-0.25, -0.2) is 4.98 Å². The Balaban J connectivity index is 1.55. The van der Waals surface area contributed by atoms with E-state index in [-0.39, 0.29) is 5.91 Å². The highest BCUT2D eigenvalue weighted by Gasteiger charge is 2.33. The number of hydrogen-bond acceptors (Lipinski definition) is 4. The Morgan fingerprint density at radius 1 is 1.32 bits per heavy atom.